The van der Waals surface area contributed by atoms with Gasteiger partial charge in [-0.3, -0.25) is 10.1 Å². The average Bonchev–Trinajstić information content (AvgIpc) is 3.03. The highest BCUT2D eigenvalue weighted by molar-refractivity contribution is 7.07. The third-order valence-electron chi connectivity index (χ3n) is 2.93. The van der Waals surface area contributed by atoms with Crippen molar-refractivity contribution in [2.75, 3.05) is 6.54 Å². The average molecular weight is 318 g/mol. The summed E-state index contributed by atoms with van der Waals surface area (Å²) >= 11 is 1.65. The summed E-state index contributed by atoms with van der Waals surface area (Å²) in [5.41, 5.74) is 2.10. The van der Waals surface area contributed by atoms with Crippen molar-refractivity contribution in [3.8, 4) is 0 Å². The molecule has 2 aromatic rings. The van der Waals surface area contributed by atoms with Crippen LogP contribution in [0.5, 0.6) is 0 Å². The molecule has 0 saturated carbocycles. The molecule has 2 N–H and O–H groups in total. The number of nitrogens with zero attached hydrogens (tertiary/aromatic N) is 2. The first-order valence-corrected chi connectivity index (χ1v) is 7.90. The summed E-state index contributed by atoms with van der Waals surface area (Å²) in [7, 11) is 0. The number of aliphatic imine (C=N–C) groups is 1. The van der Waals surface area contributed by atoms with Gasteiger partial charge in [0.1, 0.15) is 0 Å². The van der Waals surface area contributed by atoms with Crippen molar-refractivity contribution in [1.82, 2.24) is 10.6 Å². The van der Waals surface area contributed by atoms with Crippen molar-refractivity contribution in [2.45, 2.75) is 20.0 Å². The Bertz CT molecular complexity index is 641. The number of nitro benzene ring substituents is 1. The summed E-state index contributed by atoms with van der Waals surface area (Å²) in [6.07, 6.45) is 0. The van der Waals surface area contributed by atoms with Crippen LogP contribution in [-0.4, -0.2) is 17.4 Å². The summed E-state index contributed by atoms with van der Waals surface area (Å²) < 4.78 is 0. The maximum Gasteiger partial charge on any atom is 0.269 e. The van der Waals surface area contributed by atoms with Crippen molar-refractivity contribution < 1.29 is 4.92 Å². The Balaban J connectivity index is 1.97. The lowest BCUT2D eigenvalue weighted by Gasteiger charge is -2.11. The number of non-ortho nitro benzene ring substituents is 1. The van der Waals surface area contributed by atoms with Gasteiger partial charge < -0.3 is 10.6 Å². The molecule has 0 atom stereocenters. The second-order valence-electron chi connectivity index (χ2n) is 4.61. The van der Waals surface area contributed by atoms with E-state index in [1.165, 1.54) is 6.07 Å². The van der Waals surface area contributed by atoms with E-state index in [1.54, 1.807) is 23.5 Å². The number of thiophene rings is 1. The predicted octanol–water partition coefficient (Wildman–Crippen LogP) is 2.91. The zero-order valence-corrected chi connectivity index (χ0v) is 13.1. The first-order chi connectivity index (χ1) is 10.7. The smallest absolute Gasteiger partial charge is 0.269 e. The van der Waals surface area contributed by atoms with Crippen molar-refractivity contribution in [1.29, 1.82) is 0 Å². The highest BCUT2D eigenvalue weighted by Crippen LogP contribution is 2.12. The largest absolute Gasteiger partial charge is 0.357 e. The molecule has 116 valence electrons. The van der Waals surface area contributed by atoms with Gasteiger partial charge in [0.25, 0.3) is 5.69 Å². The number of benzene rings is 1. The molecule has 2 rings (SSSR count). The molecule has 0 radical (unpaired) electrons. The minimum atomic E-state index is -0.390. The van der Waals surface area contributed by atoms with Crippen LogP contribution >= 0.6 is 11.3 Å². The molecule has 1 aromatic carbocycles. The van der Waals surface area contributed by atoms with E-state index in [-0.39, 0.29) is 10.6 Å². The van der Waals surface area contributed by atoms with Crippen LogP contribution in [0, 0.1) is 10.1 Å². The predicted molar refractivity (Wildman–Crippen MR) is 89.1 cm³/mol. The van der Waals surface area contributed by atoms with Crippen molar-refractivity contribution in [3.05, 3.63) is 62.3 Å². The molecule has 7 heteroatoms. The van der Waals surface area contributed by atoms with Gasteiger partial charge in [0, 0.05) is 25.2 Å². The molecular formula is C15H18N4O2S. The van der Waals surface area contributed by atoms with E-state index in [0.717, 1.165) is 17.7 Å². The Morgan fingerprint density at radius 1 is 1.32 bits per heavy atom. The van der Waals surface area contributed by atoms with Crippen LogP contribution in [0.1, 0.15) is 18.1 Å². The fourth-order valence-corrected chi connectivity index (χ4v) is 2.52. The molecule has 0 fully saturated rings. The molecule has 1 aromatic heterocycles. The van der Waals surface area contributed by atoms with Crippen LogP contribution < -0.4 is 10.6 Å². The number of hydrogen-bond donors (Lipinski definition) is 2. The van der Waals surface area contributed by atoms with Gasteiger partial charge in [-0.25, -0.2) is 4.99 Å². The van der Waals surface area contributed by atoms with E-state index in [1.807, 2.05) is 24.4 Å². The van der Waals surface area contributed by atoms with E-state index >= 15 is 0 Å². The molecule has 0 unspecified atom stereocenters. The van der Waals surface area contributed by atoms with Gasteiger partial charge >= 0.3 is 0 Å². The summed E-state index contributed by atoms with van der Waals surface area (Å²) in [5.74, 6) is 0.695. The van der Waals surface area contributed by atoms with Crippen molar-refractivity contribution in [3.63, 3.8) is 0 Å². The summed E-state index contributed by atoms with van der Waals surface area (Å²) in [5, 5.41) is 21.2. The minimum Gasteiger partial charge on any atom is -0.357 e. The number of nitro groups is 1. The van der Waals surface area contributed by atoms with Crippen LogP contribution in [0.3, 0.4) is 0 Å². The zero-order chi connectivity index (χ0) is 15.8. The van der Waals surface area contributed by atoms with Crippen molar-refractivity contribution in [2.24, 2.45) is 4.99 Å². The number of rotatable bonds is 6. The van der Waals surface area contributed by atoms with E-state index in [0.29, 0.717) is 19.0 Å². The van der Waals surface area contributed by atoms with E-state index < -0.39 is 0 Å². The zero-order valence-electron chi connectivity index (χ0n) is 12.3. The number of nitrogens with one attached hydrogen (secondary N) is 2. The van der Waals surface area contributed by atoms with Crippen molar-refractivity contribution >= 4 is 23.0 Å². The standard InChI is InChI=1S/C15H18N4O2S/c1-2-16-15(18-10-13-6-7-22-11-13)17-9-12-4-3-5-14(8-12)19(20)21/h3-8,11H,2,9-10H2,1H3,(H2,16,17,18). The SMILES string of the molecule is CCNC(=NCc1ccsc1)NCc1cccc([N+](=O)[O-])c1. The summed E-state index contributed by atoms with van der Waals surface area (Å²) in [6, 6.07) is 8.63. The van der Waals surface area contributed by atoms with Gasteiger partial charge in [-0.2, -0.15) is 11.3 Å². The van der Waals surface area contributed by atoms with E-state index in [9.17, 15) is 10.1 Å². The van der Waals surface area contributed by atoms with Gasteiger partial charge in [-0.15, -0.1) is 0 Å². The monoisotopic (exact) mass is 318 g/mol. The van der Waals surface area contributed by atoms with E-state index in [4.69, 9.17) is 0 Å². The van der Waals surface area contributed by atoms with Gasteiger partial charge in [0.2, 0.25) is 0 Å². The Morgan fingerprint density at radius 2 is 2.18 bits per heavy atom. The molecule has 1 heterocycles. The highest BCUT2D eigenvalue weighted by atomic mass is 32.1. The van der Waals surface area contributed by atoms with Gasteiger partial charge in [-0.05, 0) is 34.9 Å². The molecule has 0 aliphatic carbocycles. The second kappa shape index (κ2) is 8.14. The number of guanidine groups is 1. The summed E-state index contributed by atoms with van der Waals surface area (Å²) in [6.45, 7) is 3.84. The van der Waals surface area contributed by atoms with Gasteiger partial charge in [-0.1, -0.05) is 12.1 Å². The van der Waals surface area contributed by atoms with Crippen LogP contribution in [0.4, 0.5) is 5.69 Å². The lowest BCUT2D eigenvalue weighted by molar-refractivity contribution is -0.384. The highest BCUT2D eigenvalue weighted by Gasteiger charge is 2.06. The maximum atomic E-state index is 10.8. The fourth-order valence-electron chi connectivity index (χ4n) is 1.86. The molecule has 0 aliphatic rings. The normalized spacial score (nSPS) is 11.2. The molecule has 0 saturated heterocycles. The van der Waals surface area contributed by atoms with Gasteiger partial charge in [0.05, 0.1) is 11.5 Å². The van der Waals surface area contributed by atoms with Crippen LogP contribution in [0.15, 0.2) is 46.1 Å². The lowest BCUT2D eigenvalue weighted by Crippen LogP contribution is -2.36. The van der Waals surface area contributed by atoms with Crippen LogP contribution in [-0.2, 0) is 13.1 Å². The third kappa shape index (κ3) is 4.85. The van der Waals surface area contributed by atoms with E-state index in [2.05, 4.69) is 21.0 Å². The second-order valence-corrected chi connectivity index (χ2v) is 5.39. The summed E-state index contributed by atoms with van der Waals surface area (Å²) in [4.78, 5) is 14.9. The molecule has 0 amide bonds. The fraction of sp³-hybridized carbons (Fsp3) is 0.267. The Kier molecular flexibility index (Phi) is 5.91. The first-order valence-electron chi connectivity index (χ1n) is 6.95. The molecular weight excluding hydrogens is 300 g/mol. The van der Waals surface area contributed by atoms with Gasteiger partial charge in [0.15, 0.2) is 5.96 Å². The third-order valence-corrected chi connectivity index (χ3v) is 3.66. The topological polar surface area (TPSA) is 79.6 Å². The minimum absolute atomic E-state index is 0.0968. The quantitative estimate of drug-likeness (QED) is 0.371. The lowest BCUT2D eigenvalue weighted by atomic mass is 10.2. The first kappa shape index (κ1) is 16.0. The Morgan fingerprint density at radius 3 is 2.86 bits per heavy atom. The molecule has 22 heavy (non-hydrogen) atoms. The molecule has 0 aliphatic heterocycles. The maximum absolute atomic E-state index is 10.8. The van der Waals surface area contributed by atoms with Crippen LogP contribution in [0.2, 0.25) is 0 Å². The molecule has 6 nitrogen and oxygen atoms in total. The Labute approximate surface area is 133 Å². The molecule has 0 bridgehead atoms. The van der Waals surface area contributed by atoms with Crippen LogP contribution in [0.25, 0.3) is 0 Å². The number of hydrogen-bond acceptors (Lipinski definition) is 4. The molecule has 0 spiro atoms. The Hall–Kier alpha value is -2.41.